The van der Waals surface area contributed by atoms with Gasteiger partial charge in [0.15, 0.2) is 6.29 Å². The van der Waals surface area contributed by atoms with Gasteiger partial charge in [-0.15, -0.1) is 0 Å². The molecule has 2 aliphatic heterocycles. The molecule has 164 valence electrons. The standard InChI is InChI=1S/C20H30O9/c1-21-11-25-17-16-15(10-24-9-14-7-5-4-6-8-14)28-20(29-16)19(27-13-23-3)18(17)26-12-22-2/h4-8,15-20H,9-13H2,1-3H3/t15-,16+,17-,18+,19+,20+/m1/s1. The van der Waals surface area contributed by atoms with Gasteiger partial charge in [0.05, 0.1) is 13.2 Å². The Morgan fingerprint density at radius 2 is 1.38 bits per heavy atom. The Kier molecular flexibility index (Phi) is 9.25. The van der Waals surface area contributed by atoms with Gasteiger partial charge in [-0.3, -0.25) is 0 Å². The first-order valence-corrected chi connectivity index (χ1v) is 9.52. The average Bonchev–Trinajstić information content (AvgIpc) is 3.11. The summed E-state index contributed by atoms with van der Waals surface area (Å²) in [4.78, 5) is 0. The van der Waals surface area contributed by atoms with E-state index in [0.717, 1.165) is 5.56 Å². The fourth-order valence-corrected chi connectivity index (χ4v) is 3.49. The molecule has 2 heterocycles. The highest BCUT2D eigenvalue weighted by atomic mass is 16.8. The molecule has 0 aromatic heterocycles. The highest BCUT2D eigenvalue weighted by Gasteiger charge is 2.57. The van der Waals surface area contributed by atoms with Crippen molar-refractivity contribution in [3.05, 3.63) is 35.9 Å². The first-order valence-electron chi connectivity index (χ1n) is 9.52. The van der Waals surface area contributed by atoms with Crippen LogP contribution in [-0.4, -0.2) is 85.1 Å². The maximum atomic E-state index is 6.08. The molecule has 0 amide bonds. The van der Waals surface area contributed by atoms with Crippen molar-refractivity contribution < 1.29 is 42.6 Å². The van der Waals surface area contributed by atoms with Crippen LogP contribution in [0.5, 0.6) is 0 Å². The third-order valence-corrected chi connectivity index (χ3v) is 4.73. The van der Waals surface area contributed by atoms with Crippen LogP contribution >= 0.6 is 0 Å². The van der Waals surface area contributed by atoms with Crippen LogP contribution in [-0.2, 0) is 49.2 Å². The van der Waals surface area contributed by atoms with Gasteiger partial charge in [0.1, 0.15) is 50.9 Å². The van der Waals surface area contributed by atoms with Crippen LogP contribution in [0.3, 0.4) is 0 Å². The molecular weight excluding hydrogens is 384 g/mol. The van der Waals surface area contributed by atoms with Crippen LogP contribution in [0, 0.1) is 0 Å². The SMILES string of the molecule is COCO[C@H]1[C@H](OCOC)[C@H]2O[C@H](O[C@@H]2COCc2ccccc2)[C@H]1OCOC. The van der Waals surface area contributed by atoms with E-state index in [0.29, 0.717) is 13.2 Å². The summed E-state index contributed by atoms with van der Waals surface area (Å²) in [5, 5.41) is 0. The van der Waals surface area contributed by atoms with Crippen molar-refractivity contribution in [2.75, 3.05) is 48.3 Å². The molecule has 3 rings (SSSR count). The van der Waals surface area contributed by atoms with Crippen molar-refractivity contribution in [3.63, 3.8) is 0 Å². The van der Waals surface area contributed by atoms with E-state index in [-0.39, 0.29) is 26.5 Å². The van der Waals surface area contributed by atoms with Gasteiger partial charge in [0, 0.05) is 21.3 Å². The van der Waals surface area contributed by atoms with E-state index < -0.39 is 30.7 Å². The summed E-state index contributed by atoms with van der Waals surface area (Å²) >= 11 is 0. The van der Waals surface area contributed by atoms with Gasteiger partial charge in [-0.05, 0) is 5.56 Å². The number of hydrogen-bond acceptors (Lipinski definition) is 9. The average molecular weight is 414 g/mol. The molecule has 9 heteroatoms. The highest BCUT2D eigenvalue weighted by Crippen LogP contribution is 2.37. The van der Waals surface area contributed by atoms with E-state index in [4.69, 9.17) is 42.6 Å². The molecule has 2 bridgehead atoms. The van der Waals surface area contributed by atoms with Gasteiger partial charge >= 0.3 is 0 Å². The smallest absolute Gasteiger partial charge is 0.187 e. The largest absolute Gasteiger partial charge is 0.374 e. The molecule has 0 N–H and O–H groups in total. The fourth-order valence-electron chi connectivity index (χ4n) is 3.49. The van der Waals surface area contributed by atoms with E-state index in [1.54, 1.807) is 21.3 Å². The Bertz CT molecular complexity index is 572. The summed E-state index contributed by atoms with van der Waals surface area (Å²) in [6.45, 7) is 1.05. The van der Waals surface area contributed by atoms with Crippen molar-refractivity contribution in [1.82, 2.24) is 0 Å². The molecule has 0 unspecified atom stereocenters. The lowest BCUT2D eigenvalue weighted by atomic mass is 9.97. The zero-order chi connectivity index (χ0) is 20.5. The predicted molar refractivity (Wildman–Crippen MR) is 99.9 cm³/mol. The van der Waals surface area contributed by atoms with Crippen LogP contribution in [0.15, 0.2) is 30.3 Å². The lowest BCUT2D eigenvalue weighted by molar-refractivity contribution is -0.292. The van der Waals surface area contributed by atoms with E-state index in [2.05, 4.69) is 0 Å². The second kappa shape index (κ2) is 11.9. The Balaban J connectivity index is 1.67. The first kappa shape index (κ1) is 22.5. The van der Waals surface area contributed by atoms with E-state index in [9.17, 15) is 0 Å². The van der Waals surface area contributed by atoms with Crippen LogP contribution in [0.25, 0.3) is 0 Å². The Labute approximate surface area is 171 Å². The quantitative estimate of drug-likeness (QED) is 0.444. The maximum absolute atomic E-state index is 6.08. The number of ether oxygens (including phenoxy) is 9. The summed E-state index contributed by atoms with van der Waals surface area (Å²) < 4.78 is 50.8. The highest BCUT2D eigenvalue weighted by molar-refractivity contribution is 5.13. The Morgan fingerprint density at radius 1 is 0.759 bits per heavy atom. The van der Waals surface area contributed by atoms with Gasteiger partial charge in [-0.2, -0.15) is 0 Å². The molecule has 9 nitrogen and oxygen atoms in total. The molecule has 0 radical (unpaired) electrons. The molecule has 2 aliphatic rings. The van der Waals surface area contributed by atoms with E-state index >= 15 is 0 Å². The Morgan fingerprint density at radius 3 is 2.03 bits per heavy atom. The molecule has 2 fully saturated rings. The molecule has 29 heavy (non-hydrogen) atoms. The van der Waals surface area contributed by atoms with Crippen molar-refractivity contribution in [1.29, 1.82) is 0 Å². The predicted octanol–water partition coefficient (Wildman–Crippen LogP) is 1.29. The van der Waals surface area contributed by atoms with Crippen LogP contribution in [0.4, 0.5) is 0 Å². The third kappa shape index (κ3) is 5.94. The molecule has 1 aromatic rings. The number of methoxy groups -OCH3 is 3. The fraction of sp³-hybridized carbons (Fsp3) is 0.700. The lowest BCUT2D eigenvalue weighted by Crippen LogP contribution is -2.58. The van der Waals surface area contributed by atoms with Crippen molar-refractivity contribution in [3.8, 4) is 0 Å². The van der Waals surface area contributed by atoms with Gasteiger partial charge in [0.25, 0.3) is 0 Å². The topological polar surface area (TPSA) is 83.1 Å². The molecule has 6 atom stereocenters. The van der Waals surface area contributed by atoms with Crippen molar-refractivity contribution >= 4 is 0 Å². The maximum Gasteiger partial charge on any atom is 0.187 e. The van der Waals surface area contributed by atoms with Gasteiger partial charge < -0.3 is 42.6 Å². The minimum atomic E-state index is -0.621. The minimum absolute atomic E-state index is 0.0670. The monoisotopic (exact) mass is 414 g/mol. The number of benzene rings is 1. The van der Waals surface area contributed by atoms with E-state index in [1.165, 1.54) is 0 Å². The number of rotatable bonds is 13. The Hall–Kier alpha value is -1.14. The third-order valence-electron chi connectivity index (χ3n) is 4.73. The summed E-state index contributed by atoms with van der Waals surface area (Å²) in [6, 6.07) is 9.95. The molecule has 2 saturated heterocycles. The zero-order valence-electron chi connectivity index (χ0n) is 17.1. The van der Waals surface area contributed by atoms with Gasteiger partial charge in [-0.25, -0.2) is 0 Å². The number of hydrogen-bond donors (Lipinski definition) is 0. The number of fused-ring (bicyclic) bond motifs is 2. The zero-order valence-corrected chi connectivity index (χ0v) is 17.1. The molecular formula is C20H30O9. The second-order valence-electron chi connectivity index (χ2n) is 6.76. The van der Waals surface area contributed by atoms with Gasteiger partial charge in [-0.1, -0.05) is 30.3 Å². The molecule has 0 spiro atoms. The van der Waals surface area contributed by atoms with Crippen molar-refractivity contribution in [2.45, 2.75) is 43.4 Å². The normalized spacial score (nSPS) is 31.3. The van der Waals surface area contributed by atoms with Crippen LogP contribution in [0.1, 0.15) is 5.56 Å². The second-order valence-corrected chi connectivity index (χ2v) is 6.76. The molecule has 0 aliphatic carbocycles. The summed E-state index contributed by atoms with van der Waals surface area (Å²) in [7, 11) is 4.66. The van der Waals surface area contributed by atoms with Gasteiger partial charge in [0.2, 0.25) is 0 Å². The van der Waals surface area contributed by atoms with Crippen LogP contribution in [0.2, 0.25) is 0 Å². The molecule has 1 aromatic carbocycles. The first-order chi connectivity index (χ1) is 14.3. The van der Waals surface area contributed by atoms with E-state index in [1.807, 2.05) is 30.3 Å². The summed E-state index contributed by atoms with van der Waals surface area (Å²) in [5.41, 5.74) is 1.09. The minimum Gasteiger partial charge on any atom is -0.374 e. The van der Waals surface area contributed by atoms with Crippen LogP contribution < -0.4 is 0 Å². The summed E-state index contributed by atoms with van der Waals surface area (Å²) in [6.07, 6.45) is -2.88. The van der Waals surface area contributed by atoms with Crippen molar-refractivity contribution in [2.24, 2.45) is 0 Å². The lowest BCUT2D eigenvalue weighted by Gasteiger charge is -2.40. The molecule has 0 saturated carbocycles. The summed E-state index contributed by atoms with van der Waals surface area (Å²) in [5.74, 6) is 0.